The van der Waals surface area contributed by atoms with Gasteiger partial charge in [-0.25, -0.2) is 4.79 Å². The van der Waals surface area contributed by atoms with E-state index < -0.39 is 6.29 Å². The Morgan fingerprint density at radius 2 is 1.40 bits per heavy atom. The molecule has 0 N–H and O–H groups in total. The number of carbonyl (C=O) groups excluding carboxylic acids is 1. The van der Waals surface area contributed by atoms with Gasteiger partial charge in [-0.2, -0.15) is 0 Å². The van der Waals surface area contributed by atoms with Crippen LogP contribution in [0.4, 0.5) is 13.6 Å². The van der Waals surface area contributed by atoms with E-state index in [0.717, 1.165) is 11.8 Å². The molecule has 0 aromatic heterocycles. The summed E-state index contributed by atoms with van der Waals surface area (Å²) >= 11 is 0. The summed E-state index contributed by atoms with van der Waals surface area (Å²) in [4.78, 5) is 8.11. The van der Waals surface area contributed by atoms with Gasteiger partial charge >= 0.3 is 6.29 Å². The minimum absolute atomic E-state index is 0.964. The van der Waals surface area contributed by atoms with Gasteiger partial charge in [0.1, 0.15) is 0 Å². The molecule has 3 rings (SSSR count). The van der Waals surface area contributed by atoms with Crippen LogP contribution >= 0.6 is 0 Å². The predicted octanol–water partition coefficient (Wildman–Crippen LogP) is 7.16. The molecule has 1 saturated carbocycles. The zero-order chi connectivity index (χ0) is 18.1. The third-order valence-corrected chi connectivity index (χ3v) is 5.04. The molecule has 1 fully saturated rings. The third kappa shape index (κ3) is 7.16. The van der Waals surface area contributed by atoms with Crippen molar-refractivity contribution in [2.45, 2.75) is 45.4 Å². The molecule has 0 amide bonds. The summed E-state index contributed by atoms with van der Waals surface area (Å²) in [5, 5.41) is 0. The Kier molecular flexibility index (Phi) is 7.77. The Morgan fingerprint density at radius 1 is 0.880 bits per heavy atom. The predicted molar refractivity (Wildman–Crippen MR) is 98.9 cm³/mol. The Labute approximate surface area is 149 Å². The average molecular weight is 344 g/mol. The van der Waals surface area contributed by atoms with E-state index in [1.165, 1.54) is 55.2 Å². The maximum absolute atomic E-state index is 9.69. The van der Waals surface area contributed by atoms with Crippen molar-refractivity contribution in [1.29, 1.82) is 0 Å². The maximum Gasteiger partial charge on any atom is 0.483 e. The zero-order valence-electron chi connectivity index (χ0n) is 14.8. The molecular weight excluding hydrogens is 318 g/mol. The molecule has 1 aliphatic rings. The maximum atomic E-state index is 9.69. The van der Waals surface area contributed by atoms with Crippen molar-refractivity contribution in [3.05, 3.63) is 60.2 Å². The number of hydrogen-bond acceptors (Lipinski definition) is 1. The lowest BCUT2D eigenvalue weighted by Crippen LogP contribution is -2.12. The van der Waals surface area contributed by atoms with Crippen LogP contribution in [0.3, 0.4) is 0 Å². The van der Waals surface area contributed by atoms with E-state index in [0.29, 0.717) is 0 Å². The lowest BCUT2D eigenvalue weighted by Gasteiger charge is -2.26. The highest BCUT2D eigenvalue weighted by molar-refractivity contribution is 5.63. The number of halogens is 2. The normalized spacial score (nSPS) is 19.6. The first-order chi connectivity index (χ1) is 12.0. The van der Waals surface area contributed by atoms with E-state index in [-0.39, 0.29) is 0 Å². The van der Waals surface area contributed by atoms with Crippen LogP contribution in [0.5, 0.6) is 0 Å². The van der Waals surface area contributed by atoms with Crippen LogP contribution in [-0.2, 0) is 6.42 Å². The minimum atomic E-state index is -2.83. The van der Waals surface area contributed by atoms with E-state index >= 15 is 0 Å². The summed E-state index contributed by atoms with van der Waals surface area (Å²) in [5.74, 6) is 1.93. The fourth-order valence-corrected chi connectivity index (χ4v) is 3.48. The quantitative estimate of drug-likeness (QED) is 0.538. The molecule has 0 atom stereocenters. The smallest absolute Gasteiger partial charge is 0.219 e. The number of benzene rings is 2. The second-order valence-electron chi connectivity index (χ2n) is 6.95. The van der Waals surface area contributed by atoms with Crippen LogP contribution in [0.1, 0.15) is 44.6 Å². The van der Waals surface area contributed by atoms with Gasteiger partial charge in [0, 0.05) is 0 Å². The molecular formula is C22H26F2O. The van der Waals surface area contributed by atoms with Gasteiger partial charge in [0.05, 0.1) is 0 Å². The highest BCUT2D eigenvalue weighted by Gasteiger charge is 2.17. The highest BCUT2D eigenvalue weighted by Crippen LogP contribution is 2.31. The molecule has 0 radical (unpaired) electrons. The van der Waals surface area contributed by atoms with Gasteiger partial charge in [0.25, 0.3) is 0 Å². The monoisotopic (exact) mass is 344 g/mol. The van der Waals surface area contributed by atoms with E-state index in [1.807, 2.05) is 0 Å². The SMILES string of the molecule is CC1CCC(CCc2ccc(-c3ccccc3)cc2)CC1.O=C(F)F. The summed E-state index contributed by atoms with van der Waals surface area (Å²) in [6.45, 7) is 2.40. The highest BCUT2D eigenvalue weighted by atomic mass is 19.3. The van der Waals surface area contributed by atoms with Crippen LogP contribution in [0, 0.1) is 11.8 Å². The molecule has 2 aromatic rings. The van der Waals surface area contributed by atoms with Crippen molar-refractivity contribution in [3.8, 4) is 11.1 Å². The van der Waals surface area contributed by atoms with E-state index in [1.54, 1.807) is 0 Å². The van der Waals surface area contributed by atoms with Crippen LogP contribution in [0.2, 0.25) is 0 Å². The zero-order valence-corrected chi connectivity index (χ0v) is 14.8. The van der Waals surface area contributed by atoms with Crippen LogP contribution in [0.25, 0.3) is 11.1 Å². The van der Waals surface area contributed by atoms with Crippen molar-refractivity contribution in [3.63, 3.8) is 0 Å². The fourth-order valence-electron chi connectivity index (χ4n) is 3.48. The fraction of sp³-hybridized carbons (Fsp3) is 0.409. The lowest BCUT2D eigenvalue weighted by molar-refractivity contribution is 0.199. The number of hydrogen-bond donors (Lipinski definition) is 0. The number of carbonyl (C=O) groups is 1. The molecule has 3 heteroatoms. The lowest BCUT2D eigenvalue weighted by atomic mass is 9.80. The van der Waals surface area contributed by atoms with Gasteiger partial charge in [-0.1, -0.05) is 87.2 Å². The van der Waals surface area contributed by atoms with Crippen LogP contribution in [0.15, 0.2) is 54.6 Å². The molecule has 0 bridgehead atoms. The van der Waals surface area contributed by atoms with Crippen molar-refractivity contribution < 1.29 is 13.6 Å². The third-order valence-electron chi connectivity index (χ3n) is 5.04. The summed E-state index contributed by atoms with van der Waals surface area (Å²) in [7, 11) is 0. The van der Waals surface area contributed by atoms with Gasteiger partial charge in [0.15, 0.2) is 0 Å². The Morgan fingerprint density at radius 3 is 1.96 bits per heavy atom. The second kappa shape index (κ2) is 10.1. The molecule has 0 heterocycles. The summed E-state index contributed by atoms with van der Waals surface area (Å²) in [5.41, 5.74) is 4.13. The van der Waals surface area contributed by atoms with Gasteiger partial charge in [-0.05, 0) is 41.4 Å². The molecule has 1 aliphatic carbocycles. The van der Waals surface area contributed by atoms with Crippen molar-refractivity contribution in [2.75, 3.05) is 0 Å². The molecule has 0 aliphatic heterocycles. The molecule has 25 heavy (non-hydrogen) atoms. The van der Waals surface area contributed by atoms with Crippen molar-refractivity contribution >= 4 is 6.29 Å². The van der Waals surface area contributed by atoms with E-state index in [9.17, 15) is 8.78 Å². The van der Waals surface area contributed by atoms with Gasteiger partial charge < -0.3 is 0 Å². The molecule has 0 spiro atoms. The van der Waals surface area contributed by atoms with Crippen molar-refractivity contribution in [1.82, 2.24) is 0 Å². The number of rotatable bonds is 4. The van der Waals surface area contributed by atoms with Gasteiger partial charge in [0.2, 0.25) is 0 Å². The summed E-state index contributed by atoms with van der Waals surface area (Å²) in [6, 6.07) is 19.8. The van der Waals surface area contributed by atoms with Crippen molar-refractivity contribution in [2.24, 2.45) is 11.8 Å². The minimum Gasteiger partial charge on any atom is -0.219 e. The van der Waals surface area contributed by atoms with E-state index in [2.05, 4.69) is 61.5 Å². The van der Waals surface area contributed by atoms with Gasteiger partial charge in [-0.15, -0.1) is 8.78 Å². The Bertz CT molecular complexity index is 625. The molecule has 2 aromatic carbocycles. The standard InChI is InChI=1S/C21H26.CF2O/c1-17-7-9-18(10-8-17)11-12-19-13-15-21(16-14-19)20-5-3-2-4-6-20;2-1(3)4/h2-6,13-18H,7-12H2,1H3;. The van der Waals surface area contributed by atoms with Crippen LogP contribution < -0.4 is 0 Å². The topological polar surface area (TPSA) is 17.1 Å². The summed E-state index contributed by atoms with van der Waals surface area (Å²) in [6.07, 6.45) is 5.56. The molecule has 1 nitrogen and oxygen atoms in total. The molecule has 134 valence electrons. The van der Waals surface area contributed by atoms with Crippen LogP contribution in [-0.4, -0.2) is 6.29 Å². The Hall–Kier alpha value is -2.03. The first-order valence-corrected chi connectivity index (χ1v) is 9.04. The molecule has 0 unspecified atom stereocenters. The van der Waals surface area contributed by atoms with Gasteiger partial charge in [-0.3, -0.25) is 0 Å². The Balaban J connectivity index is 0.000000511. The molecule has 0 saturated heterocycles. The summed E-state index contributed by atoms with van der Waals surface area (Å²) < 4.78 is 19.4. The number of aryl methyl sites for hydroxylation is 1. The first kappa shape index (κ1) is 19.3. The average Bonchev–Trinajstić information content (AvgIpc) is 2.62. The largest absolute Gasteiger partial charge is 0.483 e. The van der Waals surface area contributed by atoms with E-state index in [4.69, 9.17) is 4.79 Å². The first-order valence-electron chi connectivity index (χ1n) is 9.04. The second-order valence-corrected chi connectivity index (χ2v) is 6.95.